The van der Waals surface area contributed by atoms with Crippen molar-refractivity contribution >= 4 is 15.9 Å². The van der Waals surface area contributed by atoms with Crippen molar-refractivity contribution in [3.8, 4) is 5.75 Å². The molecular weight excluding hydrogens is 316 g/mol. The molecule has 1 heterocycles. The lowest BCUT2D eigenvalue weighted by Crippen LogP contribution is -2.19. The van der Waals surface area contributed by atoms with Crippen LogP contribution in [0, 0.1) is 6.92 Å². The minimum atomic E-state index is 0.244. The number of nitrogens with zero attached hydrogens (tertiary/aromatic N) is 1. The second-order valence-electron chi connectivity index (χ2n) is 4.74. The summed E-state index contributed by atoms with van der Waals surface area (Å²) in [6, 6.07) is 10.6. The van der Waals surface area contributed by atoms with Crippen LogP contribution in [-0.2, 0) is 6.42 Å². The normalized spacial score (nSPS) is 12.2. The Morgan fingerprint density at radius 3 is 2.65 bits per heavy atom. The van der Waals surface area contributed by atoms with Gasteiger partial charge in [-0.3, -0.25) is 4.98 Å². The third-order valence-electron chi connectivity index (χ3n) is 3.37. The minimum Gasteiger partial charge on any atom is -0.496 e. The highest BCUT2D eigenvalue weighted by Gasteiger charge is 2.12. The van der Waals surface area contributed by atoms with Crippen LogP contribution in [0.4, 0.5) is 0 Å². The van der Waals surface area contributed by atoms with Crippen molar-refractivity contribution in [2.24, 2.45) is 0 Å². The molecule has 1 unspecified atom stereocenters. The Balaban J connectivity index is 2.19. The van der Waals surface area contributed by atoms with Crippen LogP contribution in [-0.4, -0.2) is 19.1 Å². The van der Waals surface area contributed by atoms with Gasteiger partial charge in [0.25, 0.3) is 0 Å². The van der Waals surface area contributed by atoms with Crippen molar-refractivity contribution in [1.29, 1.82) is 0 Å². The number of likely N-dealkylation sites (N-methyl/N-ethyl adjacent to an activating group) is 1. The molecule has 0 saturated heterocycles. The Hall–Kier alpha value is -1.39. The fourth-order valence-electron chi connectivity index (χ4n) is 2.24. The largest absolute Gasteiger partial charge is 0.496 e. The van der Waals surface area contributed by atoms with E-state index in [0.717, 1.165) is 27.9 Å². The van der Waals surface area contributed by atoms with Gasteiger partial charge in [0, 0.05) is 28.8 Å². The van der Waals surface area contributed by atoms with Crippen LogP contribution in [0.5, 0.6) is 5.75 Å². The molecule has 0 fully saturated rings. The zero-order valence-electron chi connectivity index (χ0n) is 12.0. The van der Waals surface area contributed by atoms with Gasteiger partial charge < -0.3 is 10.1 Å². The van der Waals surface area contributed by atoms with Gasteiger partial charge >= 0.3 is 0 Å². The summed E-state index contributed by atoms with van der Waals surface area (Å²) in [6.07, 6.45) is 2.69. The van der Waals surface area contributed by atoms with Crippen molar-refractivity contribution in [2.75, 3.05) is 14.2 Å². The van der Waals surface area contributed by atoms with E-state index >= 15 is 0 Å². The molecule has 106 valence electrons. The van der Waals surface area contributed by atoms with E-state index in [1.54, 1.807) is 7.11 Å². The number of aryl methyl sites for hydroxylation is 1. The van der Waals surface area contributed by atoms with E-state index in [0.29, 0.717) is 0 Å². The van der Waals surface area contributed by atoms with Crippen molar-refractivity contribution < 1.29 is 4.74 Å². The molecule has 0 saturated carbocycles. The van der Waals surface area contributed by atoms with Gasteiger partial charge in [-0.05, 0) is 59.2 Å². The molecule has 3 nitrogen and oxygen atoms in total. The first kappa shape index (κ1) is 15.0. The summed E-state index contributed by atoms with van der Waals surface area (Å²) < 4.78 is 6.31. The quantitative estimate of drug-likeness (QED) is 0.905. The molecule has 4 heteroatoms. The first-order valence-corrected chi connectivity index (χ1v) is 7.35. The number of rotatable bonds is 5. The second-order valence-corrected chi connectivity index (χ2v) is 5.66. The molecule has 0 spiro atoms. The van der Waals surface area contributed by atoms with E-state index in [-0.39, 0.29) is 6.04 Å². The molecule has 1 atom stereocenters. The lowest BCUT2D eigenvalue weighted by atomic mass is 9.99. The Bertz CT molecular complexity index is 569. The lowest BCUT2D eigenvalue weighted by molar-refractivity contribution is 0.411. The average molecular weight is 335 g/mol. The minimum absolute atomic E-state index is 0.244. The number of nitrogens with one attached hydrogen (secondary N) is 1. The molecule has 0 aliphatic carbocycles. The highest BCUT2D eigenvalue weighted by atomic mass is 79.9. The van der Waals surface area contributed by atoms with E-state index in [1.165, 1.54) is 5.56 Å². The Morgan fingerprint density at radius 2 is 2.10 bits per heavy atom. The number of aromatic nitrogens is 1. The maximum Gasteiger partial charge on any atom is 0.121 e. The predicted molar refractivity (Wildman–Crippen MR) is 85.2 cm³/mol. The number of hydrogen-bond donors (Lipinski definition) is 1. The monoisotopic (exact) mass is 334 g/mol. The fourth-order valence-corrected chi connectivity index (χ4v) is 2.48. The summed E-state index contributed by atoms with van der Waals surface area (Å²) in [4.78, 5) is 4.44. The number of pyridine rings is 1. The van der Waals surface area contributed by atoms with Gasteiger partial charge in [0.1, 0.15) is 5.75 Å². The van der Waals surface area contributed by atoms with Gasteiger partial charge in [-0.1, -0.05) is 12.1 Å². The van der Waals surface area contributed by atoms with E-state index in [1.807, 2.05) is 31.4 Å². The predicted octanol–water partition coefficient (Wildman–Crippen LogP) is 3.66. The maximum atomic E-state index is 5.31. The summed E-state index contributed by atoms with van der Waals surface area (Å²) >= 11 is 3.41. The molecular formula is C16H19BrN2O. The third kappa shape index (κ3) is 3.58. The number of hydrogen-bond acceptors (Lipinski definition) is 3. The topological polar surface area (TPSA) is 34.2 Å². The van der Waals surface area contributed by atoms with Gasteiger partial charge in [0.05, 0.1) is 7.11 Å². The van der Waals surface area contributed by atoms with Crippen LogP contribution in [0.15, 0.2) is 41.0 Å². The summed E-state index contributed by atoms with van der Waals surface area (Å²) in [5.74, 6) is 0.922. The molecule has 0 aliphatic rings. The Morgan fingerprint density at radius 1 is 1.30 bits per heavy atom. The van der Waals surface area contributed by atoms with Crippen LogP contribution in [0.1, 0.15) is 22.9 Å². The first-order valence-electron chi connectivity index (χ1n) is 6.56. The molecule has 0 aliphatic heterocycles. The van der Waals surface area contributed by atoms with Gasteiger partial charge in [-0.25, -0.2) is 0 Å². The van der Waals surface area contributed by atoms with Crippen LogP contribution >= 0.6 is 15.9 Å². The molecule has 1 aromatic carbocycles. The average Bonchev–Trinajstić information content (AvgIpc) is 2.46. The summed E-state index contributed by atoms with van der Waals surface area (Å²) in [5.41, 5.74) is 3.46. The number of halogens is 1. The summed E-state index contributed by atoms with van der Waals surface area (Å²) in [5, 5.41) is 3.35. The van der Waals surface area contributed by atoms with Crippen LogP contribution in [0.25, 0.3) is 0 Å². The van der Waals surface area contributed by atoms with Gasteiger partial charge in [0.2, 0.25) is 0 Å². The zero-order valence-corrected chi connectivity index (χ0v) is 13.6. The van der Waals surface area contributed by atoms with Crippen LogP contribution in [0.3, 0.4) is 0 Å². The molecule has 2 rings (SSSR count). The molecule has 0 amide bonds. The van der Waals surface area contributed by atoms with Crippen LogP contribution in [0.2, 0.25) is 0 Å². The molecule has 2 aromatic rings. The molecule has 1 aromatic heterocycles. The summed E-state index contributed by atoms with van der Waals surface area (Å²) in [6.45, 7) is 2.06. The second kappa shape index (κ2) is 6.86. The molecule has 1 N–H and O–H groups in total. The van der Waals surface area contributed by atoms with E-state index < -0.39 is 0 Å². The molecule has 0 radical (unpaired) electrons. The van der Waals surface area contributed by atoms with Crippen molar-refractivity contribution in [3.63, 3.8) is 0 Å². The SMILES string of the molecule is CNC(Cc1ccc(Br)cn1)c1ccc(OC)c(C)c1. The number of methoxy groups -OCH3 is 1. The van der Waals surface area contributed by atoms with Crippen molar-refractivity contribution in [3.05, 3.63) is 57.8 Å². The van der Waals surface area contributed by atoms with Crippen LogP contribution < -0.4 is 10.1 Å². The lowest BCUT2D eigenvalue weighted by Gasteiger charge is -2.18. The smallest absolute Gasteiger partial charge is 0.121 e. The summed E-state index contributed by atoms with van der Waals surface area (Å²) in [7, 11) is 3.67. The third-order valence-corrected chi connectivity index (χ3v) is 3.84. The molecule has 0 bridgehead atoms. The highest BCUT2D eigenvalue weighted by Crippen LogP contribution is 2.24. The van der Waals surface area contributed by atoms with Gasteiger partial charge in [-0.15, -0.1) is 0 Å². The standard InChI is InChI=1S/C16H19BrN2O/c1-11-8-12(4-7-16(11)20-3)15(18-2)9-14-6-5-13(17)10-19-14/h4-8,10,15,18H,9H2,1-3H3. The number of ether oxygens (including phenoxy) is 1. The Labute approximate surface area is 128 Å². The highest BCUT2D eigenvalue weighted by molar-refractivity contribution is 9.10. The van der Waals surface area contributed by atoms with E-state index in [4.69, 9.17) is 4.74 Å². The zero-order chi connectivity index (χ0) is 14.5. The van der Waals surface area contributed by atoms with Gasteiger partial charge in [-0.2, -0.15) is 0 Å². The first-order chi connectivity index (χ1) is 9.63. The van der Waals surface area contributed by atoms with Gasteiger partial charge in [0.15, 0.2) is 0 Å². The fraction of sp³-hybridized carbons (Fsp3) is 0.312. The van der Waals surface area contributed by atoms with Crippen molar-refractivity contribution in [1.82, 2.24) is 10.3 Å². The van der Waals surface area contributed by atoms with E-state index in [9.17, 15) is 0 Å². The Kier molecular flexibility index (Phi) is 5.15. The van der Waals surface area contributed by atoms with E-state index in [2.05, 4.69) is 45.3 Å². The number of benzene rings is 1. The maximum absolute atomic E-state index is 5.31. The molecule has 20 heavy (non-hydrogen) atoms. The van der Waals surface area contributed by atoms with Crippen molar-refractivity contribution in [2.45, 2.75) is 19.4 Å².